The average Bonchev–Trinajstić information content (AvgIpc) is 3.26. The van der Waals surface area contributed by atoms with E-state index in [-0.39, 0.29) is 12.1 Å². The number of nitrogens with zero attached hydrogens (tertiary/aromatic N) is 4. The van der Waals surface area contributed by atoms with Crippen molar-refractivity contribution < 1.29 is 0 Å². The molecule has 26 heavy (non-hydrogen) atoms. The van der Waals surface area contributed by atoms with Gasteiger partial charge in [-0.15, -0.1) is 0 Å². The smallest absolute Gasteiger partial charge is 0.170 e. The molecule has 4 rings (SSSR count). The van der Waals surface area contributed by atoms with E-state index in [0.717, 1.165) is 29.6 Å². The van der Waals surface area contributed by atoms with Gasteiger partial charge >= 0.3 is 0 Å². The minimum Gasteiger partial charge on any atom is -0.352 e. The second kappa shape index (κ2) is 7.25. The van der Waals surface area contributed by atoms with Crippen LogP contribution in [-0.4, -0.2) is 31.1 Å². The van der Waals surface area contributed by atoms with Crippen LogP contribution >= 0.6 is 12.2 Å². The number of thiocarbonyl (C=S) groups is 1. The largest absolute Gasteiger partial charge is 0.352 e. The molecule has 6 heteroatoms. The number of pyridine rings is 2. The summed E-state index contributed by atoms with van der Waals surface area (Å²) in [6.45, 7) is 3.71. The topological polar surface area (TPSA) is 46.0 Å². The highest BCUT2D eigenvalue weighted by atomic mass is 32.1. The number of hydrogen-bond donors (Lipinski definition) is 1. The lowest BCUT2D eigenvalue weighted by molar-refractivity contribution is 0.316. The summed E-state index contributed by atoms with van der Waals surface area (Å²) >= 11 is 5.61. The van der Waals surface area contributed by atoms with Crippen LogP contribution < -0.4 is 5.32 Å². The first-order chi connectivity index (χ1) is 12.8. The Bertz CT molecular complexity index is 877. The maximum Gasteiger partial charge on any atom is 0.170 e. The second-order valence-electron chi connectivity index (χ2n) is 6.29. The molecule has 0 aliphatic carbocycles. The summed E-state index contributed by atoms with van der Waals surface area (Å²) < 4.78 is 2.25. The Morgan fingerprint density at radius 2 is 1.85 bits per heavy atom. The summed E-state index contributed by atoms with van der Waals surface area (Å²) in [4.78, 5) is 11.3. The van der Waals surface area contributed by atoms with Crippen molar-refractivity contribution >= 4 is 17.3 Å². The van der Waals surface area contributed by atoms with Gasteiger partial charge in [0.05, 0.1) is 30.0 Å². The molecule has 1 aliphatic heterocycles. The molecule has 1 fully saturated rings. The fraction of sp³-hybridized carbons (Fsp3) is 0.250. The van der Waals surface area contributed by atoms with E-state index in [9.17, 15) is 0 Å². The predicted molar refractivity (Wildman–Crippen MR) is 106 cm³/mol. The third-order valence-corrected chi connectivity index (χ3v) is 5.12. The van der Waals surface area contributed by atoms with Gasteiger partial charge in [0.1, 0.15) is 0 Å². The summed E-state index contributed by atoms with van der Waals surface area (Å²) in [5, 5.41) is 4.24. The van der Waals surface area contributed by atoms with Gasteiger partial charge in [0, 0.05) is 30.8 Å². The Morgan fingerprint density at radius 3 is 2.54 bits per heavy atom. The molecule has 132 valence electrons. The van der Waals surface area contributed by atoms with Crippen LogP contribution in [0.15, 0.2) is 67.1 Å². The Morgan fingerprint density at radius 1 is 1.04 bits per heavy atom. The van der Waals surface area contributed by atoms with Gasteiger partial charge in [-0.2, -0.15) is 0 Å². The van der Waals surface area contributed by atoms with Crippen LogP contribution in [0.1, 0.15) is 36.1 Å². The first kappa shape index (κ1) is 16.7. The van der Waals surface area contributed by atoms with E-state index in [2.05, 4.69) is 62.1 Å². The number of aromatic nitrogens is 3. The van der Waals surface area contributed by atoms with E-state index in [4.69, 9.17) is 12.2 Å². The summed E-state index contributed by atoms with van der Waals surface area (Å²) in [7, 11) is 0. The van der Waals surface area contributed by atoms with Crippen molar-refractivity contribution in [3.8, 4) is 0 Å². The molecule has 0 spiro atoms. The van der Waals surface area contributed by atoms with Gasteiger partial charge < -0.3 is 14.8 Å². The molecule has 0 amide bonds. The molecule has 0 aromatic carbocycles. The molecule has 0 radical (unpaired) electrons. The van der Waals surface area contributed by atoms with Crippen LogP contribution in [0.2, 0.25) is 0 Å². The highest BCUT2D eigenvalue weighted by Gasteiger charge is 2.40. The van der Waals surface area contributed by atoms with Crippen molar-refractivity contribution in [1.29, 1.82) is 0 Å². The van der Waals surface area contributed by atoms with Gasteiger partial charge in [-0.1, -0.05) is 12.1 Å². The van der Waals surface area contributed by atoms with Crippen molar-refractivity contribution in [2.45, 2.75) is 25.6 Å². The molecule has 2 atom stereocenters. The zero-order chi connectivity index (χ0) is 17.9. The van der Waals surface area contributed by atoms with Crippen LogP contribution in [0, 0.1) is 0 Å². The highest BCUT2D eigenvalue weighted by molar-refractivity contribution is 7.80. The lowest BCUT2D eigenvalue weighted by atomic mass is 10.0. The lowest BCUT2D eigenvalue weighted by Crippen LogP contribution is -2.30. The molecule has 5 nitrogen and oxygen atoms in total. The third-order valence-electron chi connectivity index (χ3n) is 4.76. The molecule has 1 aliphatic rings. The van der Waals surface area contributed by atoms with E-state index in [1.54, 1.807) is 0 Å². The molecule has 1 N–H and O–H groups in total. The molecule has 1 saturated heterocycles. The van der Waals surface area contributed by atoms with E-state index < -0.39 is 0 Å². The molecule has 4 heterocycles. The zero-order valence-electron chi connectivity index (χ0n) is 14.6. The van der Waals surface area contributed by atoms with Gasteiger partial charge in [0.25, 0.3) is 0 Å². The highest BCUT2D eigenvalue weighted by Crippen LogP contribution is 2.38. The van der Waals surface area contributed by atoms with Crippen LogP contribution in [0.3, 0.4) is 0 Å². The monoisotopic (exact) mass is 363 g/mol. The summed E-state index contributed by atoms with van der Waals surface area (Å²) in [5.74, 6) is 0. The van der Waals surface area contributed by atoms with Crippen LogP contribution in [0.4, 0.5) is 0 Å². The van der Waals surface area contributed by atoms with Crippen molar-refractivity contribution in [2.24, 2.45) is 0 Å². The van der Waals surface area contributed by atoms with E-state index >= 15 is 0 Å². The van der Waals surface area contributed by atoms with Crippen molar-refractivity contribution in [3.63, 3.8) is 0 Å². The van der Waals surface area contributed by atoms with Gasteiger partial charge in [-0.3, -0.25) is 9.97 Å². The third kappa shape index (κ3) is 3.08. The summed E-state index contributed by atoms with van der Waals surface area (Å²) in [6.07, 6.45) is 5.77. The van der Waals surface area contributed by atoms with Gasteiger partial charge in [0.2, 0.25) is 0 Å². The average molecular weight is 363 g/mol. The normalized spacial score (nSPS) is 19.6. The molecular weight excluding hydrogens is 342 g/mol. The van der Waals surface area contributed by atoms with Gasteiger partial charge in [0.15, 0.2) is 5.11 Å². The minimum atomic E-state index is 0.0287. The fourth-order valence-electron chi connectivity index (χ4n) is 3.57. The SMILES string of the molecule is CCN1C(=S)N[C@@H](c2ccccn2)[C@@H]1c1cccn1Cc1ccccn1. The summed E-state index contributed by atoms with van der Waals surface area (Å²) in [5.41, 5.74) is 3.25. The standard InChI is InChI=1S/C20H21N5S/c1-2-25-19(18(23-20(25)26)16-9-4-6-12-22-16)17-10-7-13-24(17)14-15-8-3-5-11-21-15/h3-13,18-19H,2,14H2,1H3,(H,23,26)/t18-,19-/m0/s1. The lowest BCUT2D eigenvalue weighted by Gasteiger charge is -2.27. The van der Waals surface area contributed by atoms with E-state index in [1.807, 2.05) is 36.7 Å². The second-order valence-corrected chi connectivity index (χ2v) is 6.68. The minimum absolute atomic E-state index is 0.0287. The predicted octanol–water partition coefficient (Wildman–Crippen LogP) is 3.32. The van der Waals surface area contributed by atoms with Crippen molar-refractivity contribution in [2.75, 3.05) is 6.54 Å². The van der Waals surface area contributed by atoms with Gasteiger partial charge in [-0.05, 0) is 55.5 Å². The first-order valence-corrected chi connectivity index (χ1v) is 9.21. The Labute approximate surface area is 158 Å². The van der Waals surface area contributed by atoms with Crippen molar-refractivity contribution in [1.82, 2.24) is 24.8 Å². The van der Waals surface area contributed by atoms with Crippen LogP contribution in [0.25, 0.3) is 0 Å². The first-order valence-electron chi connectivity index (χ1n) is 8.81. The maximum absolute atomic E-state index is 5.61. The number of hydrogen-bond acceptors (Lipinski definition) is 3. The maximum atomic E-state index is 5.61. The number of likely N-dealkylation sites (N-methyl/N-ethyl adjacent to an activating group) is 1. The molecular formula is C20H21N5S. The molecule has 0 saturated carbocycles. The fourth-order valence-corrected chi connectivity index (χ4v) is 3.94. The molecule has 0 bridgehead atoms. The molecule has 3 aromatic rings. The Hall–Kier alpha value is -2.73. The van der Waals surface area contributed by atoms with E-state index in [1.165, 1.54) is 5.69 Å². The van der Waals surface area contributed by atoms with Crippen LogP contribution in [-0.2, 0) is 6.54 Å². The summed E-state index contributed by atoms with van der Waals surface area (Å²) in [6, 6.07) is 16.4. The molecule has 3 aromatic heterocycles. The Kier molecular flexibility index (Phi) is 4.67. The number of rotatable bonds is 5. The quantitative estimate of drug-likeness (QED) is 0.705. The van der Waals surface area contributed by atoms with E-state index in [0.29, 0.717) is 0 Å². The number of nitrogens with one attached hydrogen (secondary N) is 1. The zero-order valence-corrected chi connectivity index (χ0v) is 15.4. The molecule has 0 unspecified atom stereocenters. The van der Waals surface area contributed by atoms with Crippen LogP contribution in [0.5, 0.6) is 0 Å². The van der Waals surface area contributed by atoms with Gasteiger partial charge in [-0.25, -0.2) is 0 Å². The van der Waals surface area contributed by atoms with Crippen molar-refractivity contribution in [3.05, 3.63) is 84.2 Å². The Balaban J connectivity index is 1.72.